The van der Waals surface area contributed by atoms with E-state index in [-0.39, 0.29) is 34.9 Å². The van der Waals surface area contributed by atoms with Gasteiger partial charge in [-0.05, 0) is 35.5 Å². The van der Waals surface area contributed by atoms with Crippen LogP contribution in [-0.4, -0.2) is 31.0 Å². The Morgan fingerprint density at radius 2 is 2.04 bits per heavy atom. The van der Waals surface area contributed by atoms with Gasteiger partial charge in [-0.25, -0.2) is 8.78 Å². The second-order valence-corrected chi connectivity index (χ2v) is 5.49. The first kappa shape index (κ1) is 18.0. The molecule has 11 heteroatoms. The quantitative estimate of drug-likeness (QED) is 0.540. The molecule has 0 radical (unpaired) electrons. The molecule has 0 aliphatic carbocycles. The number of carbonyl (C=O) groups is 1. The van der Waals surface area contributed by atoms with E-state index >= 15 is 0 Å². The number of hydrogen-bond acceptors (Lipinski definition) is 6. The Morgan fingerprint density at radius 3 is 2.74 bits per heavy atom. The summed E-state index contributed by atoms with van der Waals surface area (Å²) in [5, 5.41) is 24.4. The van der Waals surface area contributed by atoms with Crippen LogP contribution in [-0.2, 0) is 6.54 Å². The van der Waals surface area contributed by atoms with Gasteiger partial charge in [0.25, 0.3) is 11.6 Å². The molecule has 0 aliphatic rings. The molecule has 0 unspecified atom stereocenters. The molecular formula is C16H12F2N6O3. The van der Waals surface area contributed by atoms with Crippen LogP contribution in [0.25, 0.3) is 5.69 Å². The van der Waals surface area contributed by atoms with Crippen LogP contribution < -0.4 is 5.32 Å². The Labute approximate surface area is 150 Å². The van der Waals surface area contributed by atoms with Crippen molar-refractivity contribution < 1.29 is 18.5 Å². The highest BCUT2D eigenvalue weighted by Gasteiger charge is 2.19. The molecular weight excluding hydrogens is 362 g/mol. The summed E-state index contributed by atoms with van der Waals surface area (Å²) in [7, 11) is 0. The summed E-state index contributed by atoms with van der Waals surface area (Å²) in [6.45, 7) is 1.34. The molecule has 3 rings (SSSR count). The number of nitro benzene ring substituents is 1. The van der Waals surface area contributed by atoms with Crippen LogP contribution in [0, 0.1) is 28.7 Å². The van der Waals surface area contributed by atoms with Gasteiger partial charge in [-0.3, -0.25) is 14.9 Å². The fourth-order valence-corrected chi connectivity index (χ4v) is 2.46. The minimum atomic E-state index is -1.06. The van der Waals surface area contributed by atoms with E-state index in [1.54, 1.807) is 0 Å². The predicted octanol–water partition coefficient (Wildman–Crippen LogP) is 2.09. The first-order valence-electron chi connectivity index (χ1n) is 7.63. The molecule has 0 aliphatic heterocycles. The smallest absolute Gasteiger partial charge is 0.273 e. The molecule has 0 atom stereocenters. The van der Waals surface area contributed by atoms with Crippen molar-refractivity contribution in [2.24, 2.45) is 0 Å². The maximum atomic E-state index is 13.4. The number of tetrazole rings is 1. The molecule has 138 valence electrons. The Balaban J connectivity index is 1.80. The Bertz CT molecular complexity index is 1040. The van der Waals surface area contributed by atoms with Crippen LogP contribution >= 0.6 is 0 Å². The Kier molecular flexibility index (Phi) is 4.83. The number of amides is 1. The van der Waals surface area contributed by atoms with Crippen LogP contribution in [0.3, 0.4) is 0 Å². The third-order valence-corrected chi connectivity index (χ3v) is 3.84. The zero-order valence-electron chi connectivity index (χ0n) is 13.9. The second-order valence-electron chi connectivity index (χ2n) is 5.49. The SMILES string of the molecule is Cc1c(C(=O)NCc2nnnn2-c2ccc(F)c(F)c2)cccc1[N+](=O)[O-]. The highest BCUT2D eigenvalue weighted by atomic mass is 19.2. The molecule has 2 aromatic carbocycles. The van der Waals surface area contributed by atoms with E-state index in [0.29, 0.717) is 0 Å². The van der Waals surface area contributed by atoms with Crippen LogP contribution in [0.15, 0.2) is 36.4 Å². The lowest BCUT2D eigenvalue weighted by atomic mass is 10.1. The summed E-state index contributed by atoms with van der Waals surface area (Å²) in [4.78, 5) is 22.8. The topological polar surface area (TPSA) is 116 Å². The van der Waals surface area contributed by atoms with E-state index in [9.17, 15) is 23.7 Å². The van der Waals surface area contributed by atoms with Crippen molar-refractivity contribution in [3.8, 4) is 5.69 Å². The first-order valence-corrected chi connectivity index (χ1v) is 7.63. The minimum absolute atomic E-state index is 0.132. The number of nitrogens with zero attached hydrogens (tertiary/aromatic N) is 5. The lowest BCUT2D eigenvalue weighted by Gasteiger charge is -2.08. The summed E-state index contributed by atoms with van der Waals surface area (Å²) in [6, 6.07) is 7.30. The van der Waals surface area contributed by atoms with Crippen molar-refractivity contribution in [3.05, 3.63) is 75.1 Å². The lowest BCUT2D eigenvalue weighted by Crippen LogP contribution is -2.25. The van der Waals surface area contributed by atoms with Gasteiger partial charge < -0.3 is 5.32 Å². The molecule has 0 bridgehead atoms. The standard InChI is InChI=1S/C16H12F2N6O3/c1-9-11(3-2-4-14(9)24(26)27)16(25)19-8-15-20-21-22-23(15)10-5-6-12(17)13(18)7-10/h2-7H,8H2,1H3,(H,19,25). The average Bonchev–Trinajstić information content (AvgIpc) is 3.10. The molecule has 27 heavy (non-hydrogen) atoms. The van der Waals surface area contributed by atoms with E-state index in [1.807, 2.05) is 0 Å². The average molecular weight is 374 g/mol. The summed E-state index contributed by atoms with van der Waals surface area (Å²) >= 11 is 0. The number of nitro groups is 1. The fourth-order valence-electron chi connectivity index (χ4n) is 2.46. The van der Waals surface area contributed by atoms with Gasteiger partial charge in [0.1, 0.15) is 0 Å². The van der Waals surface area contributed by atoms with E-state index in [4.69, 9.17) is 0 Å². The molecule has 1 amide bonds. The molecule has 1 N–H and O–H groups in total. The number of hydrogen-bond donors (Lipinski definition) is 1. The van der Waals surface area contributed by atoms with Gasteiger partial charge in [-0.15, -0.1) is 5.10 Å². The third-order valence-electron chi connectivity index (χ3n) is 3.84. The zero-order chi connectivity index (χ0) is 19.6. The predicted molar refractivity (Wildman–Crippen MR) is 88.1 cm³/mol. The number of halogens is 2. The third kappa shape index (κ3) is 3.61. The summed E-state index contributed by atoms with van der Waals surface area (Å²) in [6.07, 6.45) is 0. The van der Waals surface area contributed by atoms with Crippen molar-refractivity contribution in [3.63, 3.8) is 0 Å². The monoisotopic (exact) mass is 374 g/mol. The normalized spacial score (nSPS) is 10.6. The molecule has 0 saturated heterocycles. The van der Waals surface area contributed by atoms with Crippen molar-refractivity contribution in [2.75, 3.05) is 0 Å². The van der Waals surface area contributed by atoms with Gasteiger partial charge in [0.15, 0.2) is 17.5 Å². The van der Waals surface area contributed by atoms with Gasteiger partial charge in [0.2, 0.25) is 0 Å². The lowest BCUT2D eigenvalue weighted by molar-refractivity contribution is -0.385. The maximum Gasteiger partial charge on any atom is 0.273 e. The van der Waals surface area contributed by atoms with E-state index < -0.39 is 22.5 Å². The van der Waals surface area contributed by atoms with Crippen molar-refractivity contribution in [2.45, 2.75) is 13.5 Å². The molecule has 1 heterocycles. The van der Waals surface area contributed by atoms with E-state index in [1.165, 1.54) is 31.2 Å². The van der Waals surface area contributed by atoms with Crippen molar-refractivity contribution >= 4 is 11.6 Å². The zero-order valence-corrected chi connectivity index (χ0v) is 13.9. The van der Waals surface area contributed by atoms with Gasteiger partial charge >= 0.3 is 0 Å². The van der Waals surface area contributed by atoms with Gasteiger partial charge in [-0.2, -0.15) is 4.68 Å². The number of carbonyl (C=O) groups excluding carboxylic acids is 1. The number of aromatic nitrogens is 4. The van der Waals surface area contributed by atoms with E-state index in [0.717, 1.165) is 16.8 Å². The molecule has 0 fully saturated rings. The van der Waals surface area contributed by atoms with Crippen LogP contribution in [0.1, 0.15) is 21.7 Å². The second kappa shape index (κ2) is 7.23. The summed E-state index contributed by atoms with van der Waals surface area (Å²) < 4.78 is 27.6. The molecule has 0 saturated carbocycles. The van der Waals surface area contributed by atoms with Gasteiger partial charge in [-0.1, -0.05) is 6.07 Å². The molecule has 9 nitrogen and oxygen atoms in total. The number of benzene rings is 2. The summed E-state index contributed by atoms with van der Waals surface area (Å²) in [5.41, 5.74) is 0.361. The molecule has 3 aromatic rings. The van der Waals surface area contributed by atoms with E-state index in [2.05, 4.69) is 20.8 Å². The molecule has 0 spiro atoms. The van der Waals surface area contributed by atoms with Crippen molar-refractivity contribution in [1.29, 1.82) is 0 Å². The van der Waals surface area contributed by atoms with Gasteiger partial charge in [0, 0.05) is 23.3 Å². The fraction of sp³-hybridized carbons (Fsp3) is 0.125. The summed E-state index contributed by atoms with van der Waals surface area (Å²) in [5.74, 6) is -2.47. The van der Waals surface area contributed by atoms with Crippen LogP contribution in [0.5, 0.6) is 0 Å². The minimum Gasteiger partial charge on any atom is -0.345 e. The Morgan fingerprint density at radius 1 is 1.26 bits per heavy atom. The Hall–Kier alpha value is -3.76. The van der Waals surface area contributed by atoms with Gasteiger partial charge in [0.05, 0.1) is 17.2 Å². The molecule has 1 aromatic heterocycles. The largest absolute Gasteiger partial charge is 0.345 e. The van der Waals surface area contributed by atoms with Crippen LogP contribution in [0.2, 0.25) is 0 Å². The highest BCUT2D eigenvalue weighted by Crippen LogP contribution is 2.21. The number of nitrogens with one attached hydrogen (secondary N) is 1. The van der Waals surface area contributed by atoms with Crippen LogP contribution in [0.4, 0.5) is 14.5 Å². The highest BCUT2D eigenvalue weighted by molar-refractivity contribution is 5.96. The first-order chi connectivity index (χ1) is 12.9. The van der Waals surface area contributed by atoms with Crippen molar-refractivity contribution in [1.82, 2.24) is 25.5 Å². The number of rotatable bonds is 5. The maximum absolute atomic E-state index is 13.4.